The van der Waals surface area contributed by atoms with E-state index in [9.17, 15) is 4.79 Å². The van der Waals surface area contributed by atoms with Crippen LogP contribution in [0.4, 0.5) is 10.6 Å². The summed E-state index contributed by atoms with van der Waals surface area (Å²) in [6.07, 6.45) is 1.09. The Hall–Kier alpha value is -2.43. The van der Waals surface area contributed by atoms with Crippen molar-refractivity contribution in [3.05, 3.63) is 24.2 Å². The van der Waals surface area contributed by atoms with Crippen LogP contribution in [0.15, 0.2) is 18.5 Å². The summed E-state index contributed by atoms with van der Waals surface area (Å²) >= 11 is 0. The third kappa shape index (κ3) is 3.21. The van der Waals surface area contributed by atoms with Gasteiger partial charge < -0.3 is 29.4 Å². The number of hydrogen-bond acceptors (Lipinski definition) is 9. The molecule has 0 amide bonds. The van der Waals surface area contributed by atoms with Gasteiger partial charge in [0.25, 0.3) is 0 Å². The van der Waals surface area contributed by atoms with Gasteiger partial charge in [-0.3, -0.25) is 0 Å². The van der Waals surface area contributed by atoms with E-state index in [1.54, 1.807) is 4.52 Å². The number of nitrogens with two attached hydrogens (primary N) is 1. The Balaban J connectivity index is 1.43. The van der Waals surface area contributed by atoms with Gasteiger partial charge in [0.2, 0.25) is 0 Å². The average molecular weight is 404 g/mol. The molecule has 29 heavy (non-hydrogen) atoms. The van der Waals surface area contributed by atoms with Gasteiger partial charge in [0, 0.05) is 0 Å². The highest BCUT2D eigenvalue weighted by Gasteiger charge is 2.62. The van der Waals surface area contributed by atoms with Crippen molar-refractivity contribution in [1.29, 1.82) is 0 Å². The van der Waals surface area contributed by atoms with Crippen molar-refractivity contribution in [2.75, 3.05) is 12.3 Å². The highest BCUT2D eigenvalue weighted by atomic mass is 16.8. The molecule has 3 aliphatic rings. The lowest BCUT2D eigenvalue weighted by atomic mass is 9.97. The lowest BCUT2D eigenvalue weighted by Gasteiger charge is -2.30. The van der Waals surface area contributed by atoms with E-state index in [2.05, 4.69) is 10.1 Å². The molecule has 4 atom stereocenters. The van der Waals surface area contributed by atoms with Crippen LogP contribution in [-0.4, -0.2) is 57.1 Å². The van der Waals surface area contributed by atoms with Crippen LogP contribution in [0, 0.1) is 0 Å². The summed E-state index contributed by atoms with van der Waals surface area (Å²) in [7, 11) is 0. The number of aromatic nitrogens is 3. The monoisotopic (exact) mass is 404 g/mol. The van der Waals surface area contributed by atoms with Gasteiger partial charge >= 0.3 is 6.16 Å². The zero-order chi connectivity index (χ0) is 20.4. The summed E-state index contributed by atoms with van der Waals surface area (Å²) in [6.45, 7) is 5.53. The van der Waals surface area contributed by atoms with Crippen molar-refractivity contribution in [2.24, 2.45) is 0 Å². The number of nitrogen functional groups attached to an aromatic ring is 1. The van der Waals surface area contributed by atoms with E-state index < -0.39 is 35.9 Å². The molecule has 1 aliphatic carbocycles. The van der Waals surface area contributed by atoms with Crippen LogP contribution >= 0.6 is 0 Å². The first-order valence-electron chi connectivity index (χ1n) is 9.71. The number of anilines is 1. The summed E-state index contributed by atoms with van der Waals surface area (Å²) in [6, 6.07) is 3.72. The fourth-order valence-corrected chi connectivity index (χ4v) is 4.00. The molecule has 156 valence electrons. The number of nitrogens with zero attached hydrogens (tertiary/aromatic N) is 3. The van der Waals surface area contributed by atoms with E-state index in [-0.39, 0.29) is 12.7 Å². The van der Waals surface area contributed by atoms with Crippen molar-refractivity contribution < 1.29 is 28.5 Å². The van der Waals surface area contributed by atoms with Crippen molar-refractivity contribution in [1.82, 2.24) is 14.6 Å². The average Bonchev–Trinajstić information content (AvgIpc) is 3.16. The van der Waals surface area contributed by atoms with Gasteiger partial charge in [-0.1, -0.05) is 0 Å². The zero-order valence-corrected chi connectivity index (χ0v) is 16.5. The number of ether oxygens (including phenoxy) is 5. The van der Waals surface area contributed by atoms with E-state index in [1.165, 1.54) is 6.33 Å². The number of carbonyl (C=O) groups excluding carboxylic acids is 1. The molecule has 10 heteroatoms. The molecule has 5 rings (SSSR count). The van der Waals surface area contributed by atoms with Crippen LogP contribution in [0.25, 0.3) is 5.52 Å². The van der Waals surface area contributed by atoms with Gasteiger partial charge in [-0.2, -0.15) is 5.10 Å². The number of rotatable bonds is 4. The van der Waals surface area contributed by atoms with Crippen LogP contribution in [0.2, 0.25) is 0 Å². The second kappa shape index (κ2) is 6.28. The van der Waals surface area contributed by atoms with Crippen molar-refractivity contribution in [3.63, 3.8) is 0 Å². The predicted octanol–water partition coefficient (Wildman–Crippen LogP) is 1.98. The molecule has 1 saturated carbocycles. The molecular weight excluding hydrogens is 380 g/mol. The number of hydrogen-bond donors (Lipinski definition) is 1. The minimum absolute atomic E-state index is 0.0178. The maximum absolute atomic E-state index is 11.9. The fraction of sp³-hybridized carbons (Fsp3) is 0.632. The van der Waals surface area contributed by atoms with E-state index in [0.29, 0.717) is 11.3 Å². The third-order valence-electron chi connectivity index (χ3n) is 5.49. The molecule has 2 saturated heterocycles. The lowest BCUT2D eigenvalue weighted by Crippen LogP contribution is -2.45. The minimum atomic E-state index is -0.922. The first-order chi connectivity index (χ1) is 13.8. The highest BCUT2D eigenvalue weighted by molar-refractivity contribution is 5.65. The molecular formula is C19H24N4O6. The molecule has 3 fully saturated rings. The lowest BCUT2D eigenvalue weighted by molar-refractivity contribution is -0.214. The van der Waals surface area contributed by atoms with Crippen LogP contribution in [0.5, 0.6) is 0 Å². The molecule has 2 aliphatic heterocycles. The highest BCUT2D eigenvalue weighted by Crippen LogP contribution is 2.50. The first-order valence-corrected chi connectivity index (χ1v) is 9.71. The van der Waals surface area contributed by atoms with E-state index in [4.69, 9.17) is 29.4 Å². The van der Waals surface area contributed by atoms with Gasteiger partial charge in [-0.25, -0.2) is 14.3 Å². The van der Waals surface area contributed by atoms with Gasteiger partial charge in [-0.05, 0) is 45.7 Å². The largest absolute Gasteiger partial charge is 0.508 e. The Kier molecular flexibility index (Phi) is 4.03. The first kappa shape index (κ1) is 18.6. The Morgan fingerprint density at radius 3 is 2.83 bits per heavy atom. The Labute approximate surface area is 167 Å². The molecule has 0 bridgehead atoms. The van der Waals surface area contributed by atoms with Crippen molar-refractivity contribution >= 4 is 17.5 Å². The Morgan fingerprint density at radius 1 is 1.28 bits per heavy atom. The maximum atomic E-state index is 11.9. The van der Waals surface area contributed by atoms with Crippen molar-refractivity contribution in [2.45, 2.75) is 69.4 Å². The van der Waals surface area contributed by atoms with Crippen LogP contribution in [0.3, 0.4) is 0 Å². The summed E-state index contributed by atoms with van der Waals surface area (Å²) in [5.41, 5.74) is 6.47. The van der Waals surface area contributed by atoms with Crippen molar-refractivity contribution in [3.8, 4) is 0 Å². The molecule has 4 heterocycles. The molecule has 10 nitrogen and oxygen atoms in total. The standard InChI is InChI=1S/C19H24N4O6/c1-18(2)27-14-13(11-6-7-12-16(20)21-9-22-23(11)12)28-19(3,15(14)29-18)8-25-17(24)26-10-4-5-10/h6-7,9-10,13-15H,4-5,8H2,1-3H3,(H2,20,21,22)/t13-,14-,15-,19+/m0/s1. The SMILES string of the molecule is CC1(C)O[C@H]2[C@H](c3ccc4c(N)ncnn34)O[C@](C)(COC(=O)OC3CC3)[C@H]2O1. The summed E-state index contributed by atoms with van der Waals surface area (Å²) in [5.74, 6) is -0.424. The number of fused-ring (bicyclic) bond motifs is 2. The number of carbonyl (C=O) groups is 1. The van der Waals surface area contributed by atoms with Gasteiger partial charge in [0.15, 0.2) is 11.6 Å². The van der Waals surface area contributed by atoms with Crippen LogP contribution < -0.4 is 5.73 Å². The van der Waals surface area contributed by atoms with Crippen LogP contribution in [-0.2, 0) is 23.7 Å². The van der Waals surface area contributed by atoms with Gasteiger partial charge in [-0.15, -0.1) is 0 Å². The Morgan fingerprint density at radius 2 is 2.07 bits per heavy atom. The molecule has 0 radical (unpaired) electrons. The van der Waals surface area contributed by atoms with E-state index >= 15 is 0 Å². The topological polar surface area (TPSA) is 119 Å². The molecule has 0 spiro atoms. The van der Waals surface area contributed by atoms with E-state index in [0.717, 1.165) is 18.5 Å². The minimum Gasteiger partial charge on any atom is -0.431 e. The third-order valence-corrected chi connectivity index (χ3v) is 5.49. The Bertz CT molecular complexity index is 957. The normalized spacial score (nSPS) is 33.0. The second-order valence-electron chi connectivity index (χ2n) is 8.43. The van der Waals surface area contributed by atoms with Crippen LogP contribution in [0.1, 0.15) is 45.4 Å². The molecule has 2 N–H and O–H groups in total. The summed E-state index contributed by atoms with van der Waals surface area (Å²) in [5, 5.41) is 4.30. The molecule has 2 aromatic heterocycles. The molecule has 0 aromatic carbocycles. The predicted molar refractivity (Wildman–Crippen MR) is 98.9 cm³/mol. The molecule has 0 unspecified atom stereocenters. The van der Waals surface area contributed by atoms with Gasteiger partial charge in [0.05, 0.1) is 5.69 Å². The van der Waals surface area contributed by atoms with Gasteiger partial charge in [0.1, 0.15) is 48.5 Å². The quantitative estimate of drug-likeness (QED) is 0.763. The van der Waals surface area contributed by atoms with E-state index in [1.807, 2.05) is 32.9 Å². The summed E-state index contributed by atoms with van der Waals surface area (Å²) < 4.78 is 30.9. The molecule has 2 aromatic rings. The second-order valence-corrected chi connectivity index (χ2v) is 8.43. The summed E-state index contributed by atoms with van der Waals surface area (Å²) in [4.78, 5) is 15.9. The smallest absolute Gasteiger partial charge is 0.431 e. The maximum Gasteiger partial charge on any atom is 0.508 e. The zero-order valence-electron chi connectivity index (χ0n) is 16.5. The fourth-order valence-electron chi connectivity index (χ4n) is 4.00.